The number of aromatic nitrogens is 2. The molecule has 1 aliphatic carbocycles. The zero-order chi connectivity index (χ0) is 24.8. The molecule has 0 saturated carbocycles. The van der Waals surface area contributed by atoms with E-state index < -0.39 is 17.6 Å². The molecule has 9 heteroatoms. The maximum atomic E-state index is 13.1. The third-order valence-corrected chi connectivity index (χ3v) is 6.05. The molecule has 2 aromatic carbocycles. The quantitative estimate of drug-likeness (QED) is 0.408. The van der Waals surface area contributed by atoms with Crippen molar-refractivity contribution < 1.29 is 19.4 Å². The van der Waals surface area contributed by atoms with Gasteiger partial charge in [-0.15, -0.1) is 0 Å². The summed E-state index contributed by atoms with van der Waals surface area (Å²) in [7, 11) is 0. The normalized spacial score (nSPS) is 14.8. The molecule has 180 valence electrons. The van der Waals surface area contributed by atoms with Gasteiger partial charge in [0.05, 0.1) is 16.7 Å². The van der Waals surface area contributed by atoms with E-state index in [0.717, 1.165) is 5.56 Å². The molecule has 0 bridgehead atoms. The predicted octanol–water partition coefficient (Wildman–Crippen LogP) is 4.11. The summed E-state index contributed by atoms with van der Waals surface area (Å²) < 4.78 is 5.84. The molecule has 0 radical (unpaired) electrons. The standard InChI is InChI=1S/C26H25ClN4O4/c1-17(32)19-6-9-23(22(27)12-19)35-21-7-4-18(5-8-21)13-30-25(34)26(10-2-3-11-26)31-24(33)20-14-28-16-29-15-20/h2-9,12,14-17,32H,10-11,13H2,1H3,(H,30,34)(H,31,33). The first-order valence-electron chi connectivity index (χ1n) is 11.1. The van der Waals surface area contributed by atoms with Gasteiger partial charge in [0, 0.05) is 18.9 Å². The Morgan fingerprint density at radius 1 is 1.11 bits per heavy atom. The Bertz CT molecular complexity index is 1220. The predicted molar refractivity (Wildman–Crippen MR) is 131 cm³/mol. The number of nitrogens with zero attached hydrogens (tertiary/aromatic N) is 2. The number of amides is 2. The van der Waals surface area contributed by atoms with Crippen LogP contribution in [0.3, 0.4) is 0 Å². The number of carbonyl (C=O) groups is 2. The molecule has 2 amide bonds. The van der Waals surface area contributed by atoms with Crippen molar-refractivity contribution >= 4 is 23.4 Å². The van der Waals surface area contributed by atoms with Crippen molar-refractivity contribution in [1.82, 2.24) is 20.6 Å². The summed E-state index contributed by atoms with van der Waals surface area (Å²) in [6, 6.07) is 12.4. The lowest BCUT2D eigenvalue weighted by atomic mass is 9.94. The molecule has 0 aliphatic heterocycles. The van der Waals surface area contributed by atoms with Gasteiger partial charge in [0.15, 0.2) is 0 Å². The molecule has 0 fully saturated rings. The van der Waals surface area contributed by atoms with Crippen molar-refractivity contribution in [1.29, 1.82) is 0 Å². The first kappa shape index (κ1) is 24.4. The van der Waals surface area contributed by atoms with Gasteiger partial charge in [0.1, 0.15) is 23.4 Å². The molecule has 35 heavy (non-hydrogen) atoms. The molecule has 0 saturated heterocycles. The Morgan fingerprint density at radius 3 is 2.43 bits per heavy atom. The largest absolute Gasteiger partial charge is 0.456 e. The van der Waals surface area contributed by atoms with E-state index in [1.165, 1.54) is 18.7 Å². The van der Waals surface area contributed by atoms with Gasteiger partial charge < -0.3 is 20.5 Å². The van der Waals surface area contributed by atoms with Crippen LogP contribution >= 0.6 is 11.6 Å². The van der Waals surface area contributed by atoms with Crippen molar-refractivity contribution in [2.75, 3.05) is 0 Å². The van der Waals surface area contributed by atoms with Gasteiger partial charge in [-0.25, -0.2) is 9.97 Å². The van der Waals surface area contributed by atoms with Crippen LogP contribution in [0, 0.1) is 0 Å². The van der Waals surface area contributed by atoms with E-state index in [2.05, 4.69) is 20.6 Å². The summed E-state index contributed by atoms with van der Waals surface area (Å²) in [5, 5.41) is 15.9. The Kier molecular flexibility index (Phi) is 7.43. The lowest BCUT2D eigenvalue weighted by Crippen LogP contribution is -2.57. The Balaban J connectivity index is 1.36. The highest BCUT2D eigenvalue weighted by Gasteiger charge is 2.40. The monoisotopic (exact) mass is 492 g/mol. The number of carbonyl (C=O) groups excluding carboxylic acids is 2. The third kappa shape index (κ3) is 5.85. The summed E-state index contributed by atoms with van der Waals surface area (Å²) in [5.74, 6) is 0.400. The van der Waals surface area contributed by atoms with Crippen molar-refractivity contribution in [3.8, 4) is 11.5 Å². The number of benzene rings is 2. The smallest absolute Gasteiger partial charge is 0.255 e. The minimum atomic E-state index is -1.05. The van der Waals surface area contributed by atoms with Crippen molar-refractivity contribution in [2.45, 2.75) is 38.0 Å². The minimum absolute atomic E-state index is 0.266. The summed E-state index contributed by atoms with van der Waals surface area (Å²) in [5.41, 5.74) is 0.815. The summed E-state index contributed by atoms with van der Waals surface area (Å²) in [6.07, 6.45) is 8.12. The fourth-order valence-electron chi connectivity index (χ4n) is 3.72. The maximum absolute atomic E-state index is 13.1. The number of ether oxygens (including phenoxy) is 1. The summed E-state index contributed by atoms with van der Waals surface area (Å²) in [4.78, 5) is 33.4. The van der Waals surface area contributed by atoms with Gasteiger partial charge in [-0.1, -0.05) is 42.0 Å². The maximum Gasteiger partial charge on any atom is 0.255 e. The van der Waals surface area contributed by atoms with Crippen LogP contribution in [0.1, 0.15) is 47.4 Å². The number of hydrogen-bond donors (Lipinski definition) is 3. The Morgan fingerprint density at radius 2 is 1.80 bits per heavy atom. The van der Waals surface area contributed by atoms with Crippen molar-refractivity contribution in [2.24, 2.45) is 0 Å². The highest BCUT2D eigenvalue weighted by atomic mass is 35.5. The van der Waals surface area contributed by atoms with Gasteiger partial charge in [-0.3, -0.25) is 9.59 Å². The van der Waals surface area contributed by atoms with E-state index in [-0.39, 0.29) is 12.5 Å². The van der Waals surface area contributed by atoms with E-state index in [1.54, 1.807) is 37.3 Å². The SMILES string of the molecule is CC(O)c1ccc(Oc2ccc(CNC(=O)C3(NC(=O)c4cncnc4)CC=CC3)cc2)c(Cl)c1. The molecule has 1 unspecified atom stereocenters. The third-order valence-electron chi connectivity index (χ3n) is 5.75. The molecule has 0 spiro atoms. The van der Waals surface area contributed by atoms with Crippen molar-refractivity contribution in [3.05, 3.63) is 95.1 Å². The van der Waals surface area contributed by atoms with Gasteiger partial charge in [0.25, 0.3) is 5.91 Å². The van der Waals surface area contributed by atoms with Gasteiger partial charge in [-0.05, 0) is 55.2 Å². The van der Waals surface area contributed by atoms with Gasteiger partial charge >= 0.3 is 0 Å². The molecular weight excluding hydrogens is 468 g/mol. The second kappa shape index (κ2) is 10.7. The number of rotatable bonds is 8. The van der Waals surface area contributed by atoms with E-state index in [1.807, 2.05) is 24.3 Å². The molecule has 3 N–H and O–H groups in total. The average molecular weight is 493 g/mol. The number of aliphatic hydroxyl groups is 1. The summed E-state index contributed by atoms with van der Waals surface area (Å²) >= 11 is 6.26. The Labute approximate surface area is 208 Å². The first-order chi connectivity index (χ1) is 16.9. The van der Waals surface area contributed by atoms with E-state index in [4.69, 9.17) is 16.3 Å². The van der Waals surface area contributed by atoms with Crippen LogP contribution in [0.5, 0.6) is 11.5 Å². The molecule has 4 rings (SSSR count). The second-order valence-corrected chi connectivity index (χ2v) is 8.74. The van der Waals surface area contributed by atoms with Crippen molar-refractivity contribution in [3.63, 3.8) is 0 Å². The number of nitrogens with one attached hydrogen (secondary N) is 2. The molecule has 1 aliphatic rings. The lowest BCUT2D eigenvalue weighted by molar-refractivity contribution is -0.127. The molecule has 1 heterocycles. The van der Waals surface area contributed by atoms with Gasteiger partial charge in [-0.2, -0.15) is 0 Å². The van der Waals surface area contributed by atoms with Crippen LogP contribution in [0.15, 0.2) is 73.3 Å². The Hall–Kier alpha value is -3.75. The summed E-state index contributed by atoms with van der Waals surface area (Å²) in [6.45, 7) is 1.95. The highest BCUT2D eigenvalue weighted by molar-refractivity contribution is 6.32. The lowest BCUT2D eigenvalue weighted by Gasteiger charge is -2.29. The highest BCUT2D eigenvalue weighted by Crippen LogP contribution is 2.32. The zero-order valence-electron chi connectivity index (χ0n) is 19.1. The van der Waals surface area contributed by atoms with E-state index in [9.17, 15) is 14.7 Å². The van der Waals surface area contributed by atoms with Gasteiger partial charge in [0.2, 0.25) is 5.91 Å². The average Bonchev–Trinajstić information content (AvgIpc) is 3.34. The van der Waals surface area contributed by atoms with Crippen LogP contribution < -0.4 is 15.4 Å². The minimum Gasteiger partial charge on any atom is -0.456 e. The molecule has 1 atom stereocenters. The number of aliphatic hydroxyl groups excluding tert-OH is 1. The number of halogens is 1. The van der Waals surface area contributed by atoms with E-state index >= 15 is 0 Å². The molecule has 8 nitrogen and oxygen atoms in total. The van der Waals surface area contributed by atoms with E-state index in [0.29, 0.717) is 40.5 Å². The molecule has 3 aromatic rings. The topological polar surface area (TPSA) is 113 Å². The number of hydrogen-bond acceptors (Lipinski definition) is 6. The fraction of sp³-hybridized carbons (Fsp3) is 0.231. The first-order valence-corrected chi connectivity index (χ1v) is 11.5. The van der Waals surface area contributed by atoms with Crippen LogP contribution in [0.25, 0.3) is 0 Å². The van der Waals surface area contributed by atoms with Crippen LogP contribution in [-0.2, 0) is 11.3 Å². The molecular formula is C26H25ClN4O4. The van der Waals surface area contributed by atoms with Crippen LogP contribution in [-0.4, -0.2) is 32.4 Å². The zero-order valence-corrected chi connectivity index (χ0v) is 19.8. The fourth-order valence-corrected chi connectivity index (χ4v) is 3.94. The second-order valence-electron chi connectivity index (χ2n) is 8.34. The molecule has 1 aromatic heterocycles. The van der Waals surface area contributed by atoms with Crippen LogP contribution in [0.2, 0.25) is 5.02 Å². The van der Waals surface area contributed by atoms with Crippen LogP contribution in [0.4, 0.5) is 0 Å².